The number of carboxylic acids is 1. The summed E-state index contributed by atoms with van der Waals surface area (Å²) in [7, 11) is 0. The second-order valence-electron chi connectivity index (χ2n) is 2.83. The molecule has 4 nitrogen and oxygen atoms in total. The van der Waals surface area contributed by atoms with Gasteiger partial charge in [-0.15, -0.1) is 0 Å². The molecule has 0 spiro atoms. The molecule has 1 saturated heterocycles. The van der Waals surface area contributed by atoms with Crippen molar-refractivity contribution in [3.63, 3.8) is 0 Å². The van der Waals surface area contributed by atoms with Gasteiger partial charge in [-0.2, -0.15) is 0 Å². The smallest absolute Gasteiger partial charge is 0.311 e. The van der Waals surface area contributed by atoms with Crippen molar-refractivity contribution >= 4 is 27.9 Å². The maximum Gasteiger partial charge on any atom is 0.311 e. The Bertz CT molecular complexity index is 245. The van der Waals surface area contributed by atoms with Crippen molar-refractivity contribution in [2.75, 3.05) is 6.61 Å². The van der Waals surface area contributed by atoms with Crippen molar-refractivity contribution in [3.8, 4) is 0 Å². The molecular formula is C6H5BrO4. The second-order valence-corrected chi connectivity index (χ2v) is 4.30. The minimum atomic E-state index is -0.927. The Labute approximate surface area is 70.7 Å². The lowest BCUT2D eigenvalue weighted by Gasteiger charge is -2.02. The quantitative estimate of drug-likeness (QED) is 0.500. The number of halogens is 1. The molecule has 2 rings (SSSR count). The fourth-order valence-corrected chi connectivity index (χ4v) is 2.43. The molecule has 0 aromatic rings. The first-order valence-corrected chi connectivity index (χ1v) is 3.95. The first-order chi connectivity index (χ1) is 5.07. The van der Waals surface area contributed by atoms with E-state index in [1.54, 1.807) is 0 Å². The fourth-order valence-electron chi connectivity index (χ4n) is 1.54. The lowest BCUT2D eigenvalue weighted by Crippen LogP contribution is -2.16. The van der Waals surface area contributed by atoms with Gasteiger partial charge in [-0.3, -0.25) is 9.59 Å². The average Bonchev–Trinajstić information content (AvgIpc) is 2.43. The summed E-state index contributed by atoms with van der Waals surface area (Å²) < 4.78 is 4.06. The third kappa shape index (κ3) is 0.690. The molecule has 2 aliphatic rings. The zero-order valence-electron chi connectivity index (χ0n) is 5.41. The molecule has 2 fully saturated rings. The maximum atomic E-state index is 10.8. The van der Waals surface area contributed by atoms with Crippen LogP contribution in [0.15, 0.2) is 0 Å². The Morgan fingerprint density at radius 2 is 2.45 bits per heavy atom. The number of fused-ring (bicyclic) bond motifs is 1. The molecule has 60 valence electrons. The van der Waals surface area contributed by atoms with Crippen LogP contribution in [0, 0.1) is 11.8 Å². The summed E-state index contributed by atoms with van der Waals surface area (Å²) in [6.07, 6.45) is 0. The molecule has 0 amide bonds. The van der Waals surface area contributed by atoms with Gasteiger partial charge < -0.3 is 9.84 Å². The molecule has 0 bridgehead atoms. The van der Waals surface area contributed by atoms with E-state index in [-0.39, 0.29) is 6.61 Å². The van der Waals surface area contributed by atoms with Crippen molar-refractivity contribution in [1.82, 2.24) is 0 Å². The number of rotatable bonds is 1. The van der Waals surface area contributed by atoms with Gasteiger partial charge in [-0.25, -0.2) is 0 Å². The number of hydrogen-bond acceptors (Lipinski definition) is 3. The number of carbonyl (C=O) groups is 2. The Kier molecular flexibility index (Phi) is 1.14. The molecule has 1 saturated carbocycles. The van der Waals surface area contributed by atoms with E-state index in [4.69, 9.17) is 5.11 Å². The van der Waals surface area contributed by atoms with Crippen LogP contribution in [-0.4, -0.2) is 28.0 Å². The minimum absolute atomic E-state index is 0.188. The predicted octanol–water partition coefficient (Wildman–Crippen LogP) is 0.00750. The van der Waals surface area contributed by atoms with Gasteiger partial charge in [0.05, 0.1) is 16.2 Å². The van der Waals surface area contributed by atoms with Crippen molar-refractivity contribution in [2.45, 2.75) is 4.32 Å². The van der Waals surface area contributed by atoms with E-state index in [2.05, 4.69) is 20.7 Å². The SMILES string of the molecule is O=C1OC[C@]2(Br)[C@H]1[C@@H]2C(=O)O. The highest BCUT2D eigenvalue weighted by Crippen LogP contribution is 2.61. The van der Waals surface area contributed by atoms with Crippen LogP contribution in [0.1, 0.15) is 0 Å². The Hall–Kier alpha value is -0.580. The highest BCUT2D eigenvalue weighted by molar-refractivity contribution is 9.10. The monoisotopic (exact) mass is 220 g/mol. The van der Waals surface area contributed by atoms with Crippen molar-refractivity contribution < 1.29 is 19.4 Å². The van der Waals surface area contributed by atoms with E-state index < -0.39 is 28.1 Å². The molecule has 3 atom stereocenters. The maximum absolute atomic E-state index is 10.8. The lowest BCUT2D eigenvalue weighted by atomic mass is 10.3. The lowest BCUT2D eigenvalue weighted by molar-refractivity contribution is -0.148. The predicted molar refractivity (Wildman–Crippen MR) is 37.2 cm³/mol. The van der Waals surface area contributed by atoms with Crippen LogP contribution in [0.4, 0.5) is 0 Å². The average molecular weight is 221 g/mol. The van der Waals surface area contributed by atoms with E-state index >= 15 is 0 Å². The number of esters is 1. The second kappa shape index (κ2) is 1.77. The highest BCUT2D eigenvalue weighted by atomic mass is 79.9. The number of aliphatic carboxylic acids is 1. The molecule has 0 aromatic heterocycles. The summed E-state index contributed by atoms with van der Waals surface area (Å²) in [4.78, 5) is 21.3. The van der Waals surface area contributed by atoms with Crippen LogP contribution in [-0.2, 0) is 14.3 Å². The first-order valence-electron chi connectivity index (χ1n) is 3.16. The third-order valence-corrected chi connectivity index (χ3v) is 3.43. The van der Waals surface area contributed by atoms with E-state index in [0.717, 1.165) is 0 Å². The van der Waals surface area contributed by atoms with Gasteiger partial charge in [0.25, 0.3) is 0 Å². The summed E-state index contributed by atoms with van der Waals surface area (Å²) in [6.45, 7) is 0.188. The number of carbonyl (C=O) groups excluding carboxylic acids is 1. The molecule has 1 aliphatic heterocycles. The largest absolute Gasteiger partial charge is 0.481 e. The summed E-state index contributed by atoms with van der Waals surface area (Å²) in [5.74, 6) is -2.36. The van der Waals surface area contributed by atoms with Crippen molar-refractivity contribution in [1.29, 1.82) is 0 Å². The normalized spacial score (nSPS) is 46.5. The molecule has 11 heavy (non-hydrogen) atoms. The molecule has 0 radical (unpaired) electrons. The number of alkyl halides is 1. The Morgan fingerprint density at radius 3 is 2.73 bits per heavy atom. The van der Waals surface area contributed by atoms with Crippen LogP contribution in [0.3, 0.4) is 0 Å². The molecule has 1 aliphatic carbocycles. The van der Waals surface area contributed by atoms with E-state index in [0.29, 0.717) is 0 Å². The zero-order chi connectivity index (χ0) is 8.22. The van der Waals surface area contributed by atoms with E-state index in [1.165, 1.54) is 0 Å². The van der Waals surface area contributed by atoms with Crippen LogP contribution in [0.2, 0.25) is 0 Å². The molecule has 1 heterocycles. The molecule has 5 heteroatoms. The number of ether oxygens (including phenoxy) is 1. The van der Waals surface area contributed by atoms with Gasteiger partial charge in [0.1, 0.15) is 6.61 Å². The first kappa shape index (κ1) is 7.09. The Balaban J connectivity index is 2.24. The summed E-state index contributed by atoms with van der Waals surface area (Å²) >= 11 is 3.20. The number of hydrogen-bond donors (Lipinski definition) is 1. The third-order valence-electron chi connectivity index (χ3n) is 2.21. The zero-order valence-corrected chi connectivity index (χ0v) is 7.00. The number of carboxylic acid groups (broad SMARTS) is 1. The van der Waals surface area contributed by atoms with Gasteiger partial charge in [-0.1, -0.05) is 15.9 Å². The van der Waals surface area contributed by atoms with Crippen LogP contribution < -0.4 is 0 Å². The molecule has 1 N–H and O–H groups in total. The van der Waals surface area contributed by atoms with E-state index in [9.17, 15) is 9.59 Å². The Morgan fingerprint density at radius 1 is 1.82 bits per heavy atom. The van der Waals surface area contributed by atoms with Crippen LogP contribution in [0.5, 0.6) is 0 Å². The molecular weight excluding hydrogens is 216 g/mol. The fraction of sp³-hybridized carbons (Fsp3) is 0.667. The highest BCUT2D eigenvalue weighted by Gasteiger charge is 2.75. The number of cyclic esters (lactones) is 1. The summed E-state index contributed by atoms with van der Waals surface area (Å²) in [5, 5.41) is 8.60. The van der Waals surface area contributed by atoms with Gasteiger partial charge in [-0.05, 0) is 0 Å². The van der Waals surface area contributed by atoms with Gasteiger partial charge in [0.15, 0.2) is 0 Å². The topological polar surface area (TPSA) is 63.6 Å². The summed E-state index contributed by atoms with van der Waals surface area (Å²) in [6, 6.07) is 0. The minimum Gasteiger partial charge on any atom is -0.481 e. The van der Waals surface area contributed by atoms with Gasteiger partial charge in [0.2, 0.25) is 0 Å². The molecule has 0 aromatic carbocycles. The van der Waals surface area contributed by atoms with Crippen molar-refractivity contribution in [3.05, 3.63) is 0 Å². The van der Waals surface area contributed by atoms with Crippen molar-refractivity contribution in [2.24, 2.45) is 11.8 Å². The molecule has 0 unspecified atom stereocenters. The van der Waals surface area contributed by atoms with Crippen LogP contribution in [0.25, 0.3) is 0 Å². The summed E-state index contributed by atoms with van der Waals surface area (Å²) in [5.41, 5.74) is 0. The van der Waals surface area contributed by atoms with E-state index in [1.807, 2.05) is 0 Å². The standard InChI is InChI=1S/C6H5BrO4/c7-6-1-11-5(10)3(6)2(6)4(8)9/h2-3H,1H2,(H,8,9)/t2-,3+,6-/m1/s1. The van der Waals surface area contributed by atoms with Gasteiger partial charge in [0, 0.05) is 0 Å². The van der Waals surface area contributed by atoms with Crippen LogP contribution >= 0.6 is 15.9 Å². The van der Waals surface area contributed by atoms with Gasteiger partial charge >= 0.3 is 11.9 Å².